The second-order valence-electron chi connectivity index (χ2n) is 7.54. The molecule has 0 fully saturated rings. The molecule has 1 amide bonds. The van der Waals surface area contributed by atoms with Crippen molar-refractivity contribution in [1.82, 2.24) is 4.31 Å². The van der Waals surface area contributed by atoms with Crippen LogP contribution in [0.3, 0.4) is 0 Å². The largest absolute Gasteiger partial charge is 0.416 e. The first-order valence-electron chi connectivity index (χ1n) is 10.1. The Balaban J connectivity index is 2.07. The number of hydrogen-bond donors (Lipinski definition) is 1. The fraction of sp³-hybridized carbons (Fsp3) is 0.208. The van der Waals surface area contributed by atoms with Crippen LogP contribution in [0, 0.1) is 0 Å². The van der Waals surface area contributed by atoms with E-state index in [1.807, 2.05) is 0 Å². The lowest BCUT2D eigenvalue weighted by atomic mass is 10.1. The molecule has 0 saturated heterocycles. The quantitative estimate of drug-likeness (QED) is 0.482. The molecule has 33 heavy (non-hydrogen) atoms. The molecule has 0 radical (unpaired) electrons. The topological polar surface area (TPSA) is 66.5 Å². The van der Waals surface area contributed by atoms with Crippen molar-refractivity contribution in [3.8, 4) is 0 Å². The SMILES string of the molecule is CC(=O)Nc1cccc([C@@H](C)N(Cc2ccccc2)S(=O)(=O)c2cccc(C(F)(F)F)c2)c1. The number of hydrogen-bond acceptors (Lipinski definition) is 3. The van der Waals surface area contributed by atoms with Gasteiger partial charge in [0.2, 0.25) is 15.9 Å². The number of carbonyl (C=O) groups is 1. The Morgan fingerprint density at radius 1 is 0.970 bits per heavy atom. The molecule has 1 atom stereocenters. The lowest BCUT2D eigenvalue weighted by molar-refractivity contribution is -0.137. The van der Waals surface area contributed by atoms with E-state index in [-0.39, 0.29) is 12.5 Å². The summed E-state index contributed by atoms with van der Waals surface area (Å²) in [6.45, 7) is 2.96. The van der Waals surface area contributed by atoms with Gasteiger partial charge in [-0.3, -0.25) is 4.79 Å². The van der Waals surface area contributed by atoms with Gasteiger partial charge in [0.05, 0.1) is 10.5 Å². The second kappa shape index (κ2) is 9.76. The third kappa shape index (κ3) is 6.00. The zero-order valence-corrected chi connectivity index (χ0v) is 18.8. The molecular weight excluding hydrogens is 453 g/mol. The molecule has 9 heteroatoms. The molecule has 3 aromatic carbocycles. The number of benzene rings is 3. The molecule has 174 valence electrons. The number of nitrogens with zero attached hydrogens (tertiary/aromatic N) is 1. The highest BCUT2D eigenvalue weighted by Gasteiger charge is 2.34. The molecule has 1 N–H and O–H groups in total. The average molecular weight is 477 g/mol. The first kappa shape index (κ1) is 24.5. The number of carbonyl (C=O) groups excluding carboxylic acids is 1. The van der Waals surface area contributed by atoms with Crippen molar-refractivity contribution in [2.75, 3.05) is 5.32 Å². The van der Waals surface area contributed by atoms with Gasteiger partial charge in [0.25, 0.3) is 0 Å². The van der Waals surface area contributed by atoms with Crippen LogP contribution in [-0.2, 0) is 27.5 Å². The maximum atomic E-state index is 13.6. The highest BCUT2D eigenvalue weighted by Crippen LogP contribution is 2.34. The summed E-state index contributed by atoms with van der Waals surface area (Å²) < 4.78 is 68.0. The summed E-state index contributed by atoms with van der Waals surface area (Å²) in [5.41, 5.74) is 0.706. The van der Waals surface area contributed by atoms with Crippen molar-refractivity contribution in [3.05, 3.63) is 95.6 Å². The Morgan fingerprint density at radius 3 is 2.27 bits per heavy atom. The Bertz CT molecular complexity index is 1230. The molecule has 0 aliphatic heterocycles. The van der Waals surface area contributed by atoms with E-state index < -0.39 is 32.7 Å². The third-order valence-electron chi connectivity index (χ3n) is 5.07. The lowest BCUT2D eigenvalue weighted by Gasteiger charge is -2.29. The van der Waals surface area contributed by atoms with Crippen LogP contribution in [0.4, 0.5) is 18.9 Å². The van der Waals surface area contributed by atoms with Gasteiger partial charge in [0.15, 0.2) is 0 Å². The van der Waals surface area contributed by atoms with Gasteiger partial charge in [-0.15, -0.1) is 0 Å². The van der Waals surface area contributed by atoms with E-state index in [2.05, 4.69) is 5.32 Å². The minimum atomic E-state index is -4.67. The van der Waals surface area contributed by atoms with Crippen LogP contribution in [0.15, 0.2) is 83.8 Å². The van der Waals surface area contributed by atoms with Crippen LogP contribution >= 0.6 is 0 Å². The Morgan fingerprint density at radius 2 is 1.64 bits per heavy atom. The van der Waals surface area contributed by atoms with Crippen molar-refractivity contribution < 1.29 is 26.4 Å². The summed E-state index contributed by atoms with van der Waals surface area (Å²) >= 11 is 0. The minimum absolute atomic E-state index is 0.0506. The van der Waals surface area contributed by atoms with Gasteiger partial charge < -0.3 is 5.32 Å². The van der Waals surface area contributed by atoms with Gasteiger partial charge in [-0.2, -0.15) is 17.5 Å². The fourth-order valence-electron chi connectivity index (χ4n) is 3.41. The molecule has 3 aromatic rings. The van der Waals surface area contributed by atoms with Crippen molar-refractivity contribution >= 4 is 21.6 Å². The summed E-state index contributed by atoms with van der Waals surface area (Å²) in [6, 6.07) is 18.5. The van der Waals surface area contributed by atoms with E-state index in [1.54, 1.807) is 61.5 Å². The number of rotatable bonds is 7. The van der Waals surface area contributed by atoms with E-state index >= 15 is 0 Å². The molecule has 0 aliphatic rings. The second-order valence-corrected chi connectivity index (χ2v) is 9.43. The van der Waals surface area contributed by atoms with Crippen molar-refractivity contribution in [3.63, 3.8) is 0 Å². The summed E-state index contributed by atoms with van der Waals surface area (Å²) in [6.07, 6.45) is -4.67. The van der Waals surface area contributed by atoms with Crippen LogP contribution in [-0.4, -0.2) is 18.6 Å². The highest BCUT2D eigenvalue weighted by atomic mass is 32.2. The van der Waals surface area contributed by atoms with Crippen LogP contribution < -0.4 is 5.32 Å². The number of sulfonamides is 1. The molecular formula is C24H23F3N2O3S. The van der Waals surface area contributed by atoms with Gasteiger partial charge in [-0.25, -0.2) is 8.42 Å². The van der Waals surface area contributed by atoms with Crippen LogP contribution in [0.5, 0.6) is 0 Å². The number of amides is 1. The summed E-state index contributed by atoms with van der Waals surface area (Å²) in [4.78, 5) is 11.0. The molecule has 0 bridgehead atoms. The van der Waals surface area contributed by atoms with Crippen LogP contribution in [0.2, 0.25) is 0 Å². The monoisotopic (exact) mass is 476 g/mol. The number of halogens is 3. The molecule has 0 spiro atoms. The number of anilines is 1. The maximum absolute atomic E-state index is 13.6. The highest BCUT2D eigenvalue weighted by molar-refractivity contribution is 7.89. The lowest BCUT2D eigenvalue weighted by Crippen LogP contribution is -2.33. The van der Waals surface area contributed by atoms with E-state index in [4.69, 9.17) is 0 Å². The minimum Gasteiger partial charge on any atom is -0.326 e. The molecule has 0 heterocycles. The van der Waals surface area contributed by atoms with E-state index in [0.29, 0.717) is 22.9 Å². The first-order chi connectivity index (χ1) is 15.5. The van der Waals surface area contributed by atoms with Crippen molar-refractivity contribution in [1.29, 1.82) is 0 Å². The predicted molar refractivity (Wildman–Crippen MR) is 120 cm³/mol. The van der Waals surface area contributed by atoms with Crippen molar-refractivity contribution in [2.24, 2.45) is 0 Å². The molecule has 0 aromatic heterocycles. The Labute approximate surface area is 190 Å². The van der Waals surface area contributed by atoms with Gasteiger partial charge in [-0.05, 0) is 48.4 Å². The van der Waals surface area contributed by atoms with E-state index in [9.17, 15) is 26.4 Å². The Hall–Kier alpha value is -3.17. The predicted octanol–water partition coefficient (Wildman–Crippen LogP) is 5.62. The van der Waals surface area contributed by atoms with E-state index in [1.165, 1.54) is 6.92 Å². The number of alkyl halides is 3. The average Bonchev–Trinajstić information content (AvgIpc) is 2.77. The molecule has 0 unspecified atom stereocenters. The molecule has 3 rings (SSSR count). The molecule has 0 aliphatic carbocycles. The first-order valence-corrected chi connectivity index (χ1v) is 11.5. The summed E-state index contributed by atoms with van der Waals surface area (Å²) in [7, 11) is -4.32. The van der Waals surface area contributed by atoms with Crippen LogP contribution in [0.1, 0.15) is 36.6 Å². The normalized spacial score (nSPS) is 13.0. The van der Waals surface area contributed by atoms with Crippen molar-refractivity contribution in [2.45, 2.75) is 37.5 Å². The number of nitrogens with one attached hydrogen (secondary N) is 1. The standard InChI is InChI=1S/C24H23F3N2O3S/c1-17(20-10-6-12-22(14-20)28-18(2)30)29(16-19-8-4-3-5-9-19)33(31,32)23-13-7-11-21(15-23)24(25,26)27/h3-15,17H,16H2,1-2H3,(H,28,30)/t17-/m1/s1. The van der Waals surface area contributed by atoms with E-state index in [0.717, 1.165) is 22.5 Å². The zero-order chi connectivity index (χ0) is 24.2. The summed E-state index contributed by atoms with van der Waals surface area (Å²) in [5, 5.41) is 2.65. The van der Waals surface area contributed by atoms with Gasteiger partial charge in [0, 0.05) is 25.2 Å². The Kier molecular flexibility index (Phi) is 7.24. The molecule has 0 saturated carbocycles. The fourth-order valence-corrected chi connectivity index (χ4v) is 5.06. The molecule has 5 nitrogen and oxygen atoms in total. The maximum Gasteiger partial charge on any atom is 0.416 e. The summed E-state index contributed by atoms with van der Waals surface area (Å²) in [5.74, 6) is -0.280. The smallest absolute Gasteiger partial charge is 0.326 e. The van der Waals surface area contributed by atoms with Crippen LogP contribution in [0.25, 0.3) is 0 Å². The van der Waals surface area contributed by atoms with Gasteiger partial charge in [-0.1, -0.05) is 48.5 Å². The van der Waals surface area contributed by atoms with Gasteiger partial charge >= 0.3 is 6.18 Å². The van der Waals surface area contributed by atoms with Gasteiger partial charge in [0.1, 0.15) is 0 Å². The zero-order valence-electron chi connectivity index (χ0n) is 18.0. The third-order valence-corrected chi connectivity index (χ3v) is 6.98.